The Bertz CT molecular complexity index is 1210. The number of para-hydroxylation sites is 1. The molecule has 9 heteroatoms. The van der Waals surface area contributed by atoms with E-state index in [4.69, 9.17) is 0 Å². The summed E-state index contributed by atoms with van der Waals surface area (Å²) >= 11 is 6.45. The first kappa shape index (κ1) is 20.4. The van der Waals surface area contributed by atoms with E-state index in [1.54, 1.807) is 30.0 Å². The monoisotopic (exact) mass is 512 g/mol. The molecule has 1 aromatic heterocycles. The number of phenolic OH excluding ortho intramolecular Hbond substituents is 1. The molecule has 2 aliphatic rings. The third-order valence-electron chi connectivity index (χ3n) is 5.01. The molecule has 0 fully saturated rings. The predicted molar refractivity (Wildman–Crippen MR) is 128 cm³/mol. The van der Waals surface area contributed by atoms with Crippen LogP contribution in [0.4, 0.5) is 5.69 Å². The topological polar surface area (TPSA) is 82.1 Å². The van der Waals surface area contributed by atoms with Crippen molar-refractivity contribution >= 4 is 51.0 Å². The van der Waals surface area contributed by atoms with Crippen LogP contribution in [0.2, 0.25) is 0 Å². The summed E-state index contributed by atoms with van der Waals surface area (Å²) < 4.78 is 0.826. The fraction of sp³-hybridized carbons (Fsp3) is 0.136. The first-order valence-corrected chi connectivity index (χ1v) is 12.2. The van der Waals surface area contributed by atoms with Crippen molar-refractivity contribution in [3.05, 3.63) is 71.2 Å². The van der Waals surface area contributed by atoms with Crippen LogP contribution in [0, 0.1) is 0 Å². The van der Waals surface area contributed by atoms with Gasteiger partial charge in [-0.2, -0.15) is 0 Å². The minimum Gasteiger partial charge on any atom is -0.507 e. The summed E-state index contributed by atoms with van der Waals surface area (Å²) in [6, 6.07) is 13.1. The van der Waals surface area contributed by atoms with Gasteiger partial charge in [0.05, 0.1) is 28.3 Å². The average molecular weight is 513 g/mol. The van der Waals surface area contributed by atoms with Crippen LogP contribution in [-0.4, -0.2) is 43.2 Å². The van der Waals surface area contributed by atoms with Crippen LogP contribution in [-0.2, 0) is 4.79 Å². The SMILES string of the molecule is O=C(CSc1n[nH]c(-c2cc(Br)ccc2O)n1)N1c2ccccc2S[C@@H]2C=CC=C[C@@H]21. The molecule has 0 saturated heterocycles. The second-order valence-corrected chi connectivity index (χ2v) is 10.1. The number of allylic oxidation sites excluding steroid dienone is 2. The number of benzene rings is 2. The molecule has 31 heavy (non-hydrogen) atoms. The molecular formula is C22H17BrN4O2S2. The Kier molecular flexibility index (Phi) is 5.64. The number of H-pyrrole nitrogens is 1. The van der Waals surface area contributed by atoms with Crippen LogP contribution >= 0.6 is 39.5 Å². The fourth-order valence-corrected chi connectivity index (χ4v) is 5.88. The number of carbonyl (C=O) groups is 1. The minimum absolute atomic E-state index is 0.00403. The van der Waals surface area contributed by atoms with Gasteiger partial charge >= 0.3 is 0 Å². The standard InChI is InChI=1S/C22H17BrN4O2S2/c23-13-9-10-17(28)14(11-13)21-24-22(26-25-21)30-12-20(29)27-15-5-1-3-7-18(15)31-19-8-4-2-6-16(19)27/h1-11,15,18,28H,12H2,(H,24,25,26)/t15-,18+/m0/s1. The number of fused-ring (bicyclic) bond motifs is 2. The predicted octanol–water partition coefficient (Wildman–Crippen LogP) is 5.03. The molecule has 5 rings (SSSR count). The summed E-state index contributed by atoms with van der Waals surface area (Å²) in [5, 5.41) is 17.8. The number of hydrogen-bond acceptors (Lipinski definition) is 6. The average Bonchev–Trinajstić information content (AvgIpc) is 3.26. The lowest BCUT2D eigenvalue weighted by atomic mass is 10.0. The molecule has 0 bridgehead atoms. The fourth-order valence-electron chi connectivity index (χ4n) is 3.61. The number of aromatic hydroxyl groups is 1. The number of aromatic nitrogens is 3. The Morgan fingerprint density at radius 3 is 2.97 bits per heavy atom. The highest BCUT2D eigenvalue weighted by Crippen LogP contribution is 2.43. The second kappa shape index (κ2) is 8.57. The third-order valence-corrected chi connectivity index (χ3v) is 7.65. The van der Waals surface area contributed by atoms with Gasteiger partial charge in [-0.1, -0.05) is 64.1 Å². The van der Waals surface area contributed by atoms with Gasteiger partial charge in [-0.15, -0.1) is 16.9 Å². The van der Waals surface area contributed by atoms with Crippen molar-refractivity contribution in [2.75, 3.05) is 10.7 Å². The Labute approximate surface area is 196 Å². The van der Waals surface area contributed by atoms with Crippen molar-refractivity contribution in [2.24, 2.45) is 0 Å². The smallest absolute Gasteiger partial charge is 0.238 e. The highest BCUT2D eigenvalue weighted by molar-refractivity contribution is 9.10. The molecule has 0 radical (unpaired) electrons. The van der Waals surface area contributed by atoms with Crippen LogP contribution in [0.25, 0.3) is 11.4 Å². The van der Waals surface area contributed by atoms with E-state index in [2.05, 4.69) is 49.3 Å². The van der Waals surface area contributed by atoms with E-state index >= 15 is 0 Å². The van der Waals surface area contributed by atoms with Crippen molar-refractivity contribution in [2.45, 2.75) is 21.3 Å². The molecule has 2 heterocycles. The molecule has 2 N–H and O–H groups in total. The minimum atomic E-state index is -0.0145. The van der Waals surface area contributed by atoms with Gasteiger partial charge in [0.1, 0.15) is 5.75 Å². The van der Waals surface area contributed by atoms with Gasteiger partial charge in [0.2, 0.25) is 11.1 Å². The van der Waals surface area contributed by atoms with Crippen LogP contribution < -0.4 is 4.90 Å². The van der Waals surface area contributed by atoms with Crippen molar-refractivity contribution in [3.63, 3.8) is 0 Å². The maximum atomic E-state index is 13.3. The zero-order valence-corrected chi connectivity index (χ0v) is 19.3. The van der Waals surface area contributed by atoms with E-state index in [1.165, 1.54) is 11.8 Å². The summed E-state index contributed by atoms with van der Waals surface area (Å²) in [6.45, 7) is 0. The van der Waals surface area contributed by atoms with Gasteiger partial charge in [0, 0.05) is 9.37 Å². The van der Waals surface area contributed by atoms with Crippen molar-refractivity contribution in [1.82, 2.24) is 15.2 Å². The Morgan fingerprint density at radius 2 is 2.06 bits per heavy atom. The molecule has 1 aliphatic heterocycles. The quantitative estimate of drug-likeness (QED) is 0.476. The Morgan fingerprint density at radius 1 is 1.23 bits per heavy atom. The van der Waals surface area contributed by atoms with E-state index in [0.717, 1.165) is 15.1 Å². The number of halogens is 1. The lowest BCUT2D eigenvalue weighted by Gasteiger charge is -2.40. The number of anilines is 1. The van der Waals surface area contributed by atoms with Crippen molar-refractivity contribution in [1.29, 1.82) is 0 Å². The van der Waals surface area contributed by atoms with E-state index in [9.17, 15) is 9.90 Å². The molecule has 2 aromatic carbocycles. The number of hydrogen-bond donors (Lipinski definition) is 2. The highest BCUT2D eigenvalue weighted by Gasteiger charge is 2.36. The highest BCUT2D eigenvalue weighted by atomic mass is 79.9. The lowest BCUT2D eigenvalue weighted by molar-refractivity contribution is -0.116. The number of phenols is 1. The maximum absolute atomic E-state index is 13.3. The molecule has 2 atom stereocenters. The van der Waals surface area contributed by atoms with Gasteiger partial charge in [0.25, 0.3) is 0 Å². The number of thioether (sulfide) groups is 2. The molecule has 6 nitrogen and oxygen atoms in total. The summed E-state index contributed by atoms with van der Waals surface area (Å²) in [7, 11) is 0. The number of amides is 1. The van der Waals surface area contributed by atoms with Crippen LogP contribution in [0.5, 0.6) is 5.75 Å². The summed E-state index contributed by atoms with van der Waals surface area (Å²) in [6.07, 6.45) is 8.25. The Hall–Kier alpha value is -2.49. The van der Waals surface area contributed by atoms with Crippen LogP contribution in [0.15, 0.2) is 81.3 Å². The Balaban J connectivity index is 1.35. The molecule has 1 aliphatic carbocycles. The molecule has 1 amide bonds. The third kappa shape index (κ3) is 4.05. The van der Waals surface area contributed by atoms with Crippen LogP contribution in [0.1, 0.15) is 0 Å². The molecule has 3 aromatic rings. The van der Waals surface area contributed by atoms with Crippen molar-refractivity contribution in [3.8, 4) is 17.1 Å². The first-order chi connectivity index (χ1) is 15.1. The van der Waals surface area contributed by atoms with E-state index in [1.807, 2.05) is 35.3 Å². The number of aromatic amines is 1. The molecule has 0 saturated carbocycles. The lowest BCUT2D eigenvalue weighted by Crippen LogP contribution is -2.48. The van der Waals surface area contributed by atoms with E-state index < -0.39 is 0 Å². The van der Waals surface area contributed by atoms with E-state index in [-0.39, 0.29) is 28.7 Å². The number of nitrogens with one attached hydrogen (secondary N) is 1. The molecular weight excluding hydrogens is 496 g/mol. The second-order valence-electron chi connectivity index (χ2n) is 6.99. The van der Waals surface area contributed by atoms with Gasteiger partial charge < -0.3 is 10.0 Å². The van der Waals surface area contributed by atoms with Crippen LogP contribution in [0.3, 0.4) is 0 Å². The number of nitrogens with zero attached hydrogens (tertiary/aromatic N) is 3. The summed E-state index contributed by atoms with van der Waals surface area (Å²) in [4.78, 5) is 20.7. The normalized spacial score (nSPS) is 19.2. The largest absolute Gasteiger partial charge is 0.507 e. The number of carbonyl (C=O) groups excluding carboxylic acids is 1. The van der Waals surface area contributed by atoms with Crippen molar-refractivity contribution < 1.29 is 9.90 Å². The summed E-state index contributed by atoms with van der Waals surface area (Å²) in [5.41, 5.74) is 1.48. The summed E-state index contributed by atoms with van der Waals surface area (Å²) in [5.74, 6) is 0.775. The van der Waals surface area contributed by atoms with E-state index in [0.29, 0.717) is 16.5 Å². The van der Waals surface area contributed by atoms with Gasteiger partial charge in [-0.3, -0.25) is 9.89 Å². The van der Waals surface area contributed by atoms with Gasteiger partial charge in [0.15, 0.2) is 5.82 Å². The molecule has 0 spiro atoms. The molecule has 156 valence electrons. The zero-order chi connectivity index (χ0) is 21.4. The molecule has 0 unspecified atom stereocenters. The zero-order valence-electron chi connectivity index (χ0n) is 16.1. The first-order valence-electron chi connectivity index (χ1n) is 9.57. The number of rotatable bonds is 4. The van der Waals surface area contributed by atoms with Gasteiger partial charge in [-0.05, 0) is 30.3 Å². The van der Waals surface area contributed by atoms with Gasteiger partial charge in [-0.25, -0.2) is 4.98 Å². The maximum Gasteiger partial charge on any atom is 0.238 e.